The molecule has 19 heavy (non-hydrogen) atoms. The Kier molecular flexibility index (Phi) is 5.83. The molecular formula is C14H19ClN2O2. The molecule has 0 saturated carbocycles. The van der Waals surface area contributed by atoms with Gasteiger partial charge in [-0.05, 0) is 31.0 Å². The van der Waals surface area contributed by atoms with Gasteiger partial charge >= 0.3 is 0 Å². The van der Waals surface area contributed by atoms with Gasteiger partial charge in [0.25, 0.3) is 0 Å². The molecule has 0 heterocycles. The quantitative estimate of drug-likeness (QED) is 0.666. The molecule has 0 aliphatic carbocycles. The van der Waals surface area contributed by atoms with Crippen molar-refractivity contribution >= 4 is 23.2 Å². The zero-order valence-electron chi connectivity index (χ0n) is 11.7. The van der Waals surface area contributed by atoms with Crippen LogP contribution in [0.3, 0.4) is 0 Å². The summed E-state index contributed by atoms with van der Waals surface area (Å²) in [5.41, 5.74) is 3.95. The third-order valence-electron chi connectivity index (χ3n) is 2.49. The lowest BCUT2D eigenvalue weighted by Crippen LogP contribution is -2.20. The van der Waals surface area contributed by atoms with Gasteiger partial charge in [0, 0.05) is 17.0 Å². The SMILES string of the molecule is COc1ccc(Cl)cc1/C(C)=N\NC(=O)CC(C)C. The van der Waals surface area contributed by atoms with Crippen molar-refractivity contribution in [1.29, 1.82) is 0 Å². The number of benzene rings is 1. The Balaban J connectivity index is 2.84. The summed E-state index contributed by atoms with van der Waals surface area (Å²) in [6.45, 7) is 5.76. The molecule has 1 aromatic carbocycles. The number of hydrogen-bond acceptors (Lipinski definition) is 3. The van der Waals surface area contributed by atoms with Gasteiger partial charge in [-0.25, -0.2) is 5.43 Å². The zero-order valence-corrected chi connectivity index (χ0v) is 12.4. The number of halogens is 1. The van der Waals surface area contributed by atoms with Crippen LogP contribution in [0.4, 0.5) is 0 Å². The first-order valence-corrected chi connectivity index (χ1v) is 6.49. The van der Waals surface area contributed by atoms with Crippen LogP contribution in [-0.4, -0.2) is 18.7 Å². The standard InChI is InChI=1S/C14H19ClN2O2/c1-9(2)7-14(18)17-16-10(3)12-8-11(15)5-6-13(12)19-4/h5-6,8-9H,7H2,1-4H3,(H,17,18)/b16-10-. The molecule has 0 atom stereocenters. The highest BCUT2D eigenvalue weighted by Crippen LogP contribution is 2.23. The Morgan fingerprint density at radius 1 is 1.47 bits per heavy atom. The Morgan fingerprint density at radius 2 is 2.16 bits per heavy atom. The van der Waals surface area contributed by atoms with Crippen molar-refractivity contribution in [3.05, 3.63) is 28.8 Å². The van der Waals surface area contributed by atoms with Crippen LogP contribution in [0, 0.1) is 5.92 Å². The van der Waals surface area contributed by atoms with E-state index in [1.165, 1.54) is 0 Å². The molecule has 5 heteroatoms. The lowest BCUT2D eigenvalue weighted by atomic mass is 10.1. The maximum atomic E-state index is 11.5. The third kappa shape index (κ3) is 4.91. The van der Waals surface area contributed by atoms with Crippen LogP contribution in [0.5, 0.6) is 5.75 Å². The number of rotatable bonds is 5. The van der Waals surface area contributed by atoms with Crippen molar-refractivity contribution in [2.75, 3.05) is 7.11 Å². The van der Waals surface area contributed by atoms with Gasteiger partial charge < -0.3 is 4.74 Å². The van der Waals surface area contributed by atoms with Crippen molar-refractivity contribution in [3.8, 4) is 5.75 Å². The van der Waals surface area contributed by atoms with Gasteiger partial charge in [0.1, 0.15) is 5.75 Å². The van der Waals surface area contributed by atoms with Crippen LogP contribution in [0.2, 0.25) is 5.02 Å². The number of amides is 1. The summed E-state index contributed by atoms with van der Waals surface area (Å²) in [5.74, 6) is 0.871. The molecule has 0 fully saturated rings. The third-order valence-corrected chi connectivity index (χ3v) is 2.73. The molecule has 0 unspecified atom stereocenters. The number of methoxy groups -OCH3 is 1. The van der Waals surface area contributed by atoms with Gasteiger partial charge in [-0.3, -0.25) is 4.79 Å². The van der Waals surface area contributed by atoms with E-state index in [9.17, 15) is 4.79 Å². The molecular weight excluding hydrogens is 264 g/mol. The Morgan fingerprint density at radius 3 is 2.74 bits per heavy atom. The summed E-state index contributed by atoms with van der Waals surface area (Å²) in [6.07, 6.45) is 0.448. The Hall–Kier alpha value is -1.55. The molecule has 0 bridgehead atoms. The highest BCUT2D eigenvalue weighted by molar-refractivity contribution is 6.31. The second kappa shape index (κ2) is 7.14. The molecule has 0 aliphatic heterocycles. The molecule has 104 valence electrons. The molecule has 4 nitrogen and oxygen atoms in total. The van der Waals surface area contributed by atoms with Crippen LogP contribution in [0.1, 0.15) is 32.8 Å². The number of nitrogens with one attached hydrogen (secondary N) is 1. The fourth-order valence-corrected chi connectivity index (χ4v) is 1.76. The topological polar surface area (TPSA) is 50.7 Å². The van der Waals surface area contributed by atoms with Crippen LogP contribution >= 0.6 is 11.6 Å². The highest BCUT2D eigenvalue weighted by Gasteiger charge is 2.08. The van der Waals surface area contributed by atoms with Gasteiger partial charge in [-0.15, -0.1) is 0 Å². The second-order valence-electron chi connectivity index (χ2n) is 4.67. The first kappa shape index (κ1) is 15.5. The van der Waals surface area contributed by atoms with Crippen LogP contribution in [0.25, 0.3) is 0 Å². The summed E-state index contributed by atoms with van der Waals surface area (Å²) in [6, 6.07) is 5.27. The van der Waals surface area contributed by atoms with Crippen LogP contribution in [-0.2, 0) is 4.79 Å². The van der Waals surface area contributed by atoms with Gasteiger partial charge in [0.15, 0.2) is 0 Å². The van der Waals surface area contributed by atoms with E-state index in [0.717, 1.165) is 5.56 Å². The average molecular weight is 283 g/mol. The predicted molar refractivity (Wildman–Crippen MR) is 77.8 cm³/mol. The van der Waals surface area contributed by atoms with Gasteiger partial charge in [0.05, 0.1) is 12.8 Å². The van der Waals surface area contributed by atoms with Crippen molar-refractivity contribution in [2.24, 2.45) is 11.0 Å². The second-order valence-corrected chi connectivity index (χ2v) is 5.11. The molecule has 0 saturated heterocycles. The van der Waals surface area contributed by atoms with Crippen molar-refractivity contribution in [3.63, 3.8) is 0 Å². The largest absolute Gasteiger partial charge is 0.496 e. The first-order valence-electron chi connectivity index (χ1n) is 6.11. The van der Waals surface area contributed by atoms with Gasteiger partial charge in [0.2, 0.25) is 5.91 Å². The smallest absolute Gasteiger partial charge is 0.240 e. The van der Waals surface area contributed by atoms with Crippen LogP contribution < -0.4 is 10.2 Å². The molecule has 0 aliphatic rings. The average Bonchev–Trinajstić information content (AvgIpc) is 2.35. The normalized spacial score (nSPS) is 11.6. The lowest BCUT2D eigenvalue weighted by molar-refractivity contribution is -0.121. The first-order chi connectivity index (χ1) is 8.93. The van der Waals surface area contributed by atoms with Gasteiger partial charge in [-0.2, -0.15) is 5.10 Å². The van der Waals surface area contributed by atoms with E-state index in [1.54, 1.807) is 32.2 Å². The van der Waals surface area contributed by atoms with Crippen LogP contribution in [0.15, 0.2) is 23.3 Å². The summed E-state index contributed by atoms with van der Waals surface area (Å²) >= 11 is 5.95. The fourth-order valence-electron chi connectivity index (χ4n) is 1.59. The molecule has 1 rings (SSSR count). The van der Waals surface area contributed by atoms with Crippen molar-refractivity contribution in [2.45, 2.75) is 27.2 Å². The van der Waals surface area contributed by atoms with Crippen molar-refractivity contribution < 1.29 is 9.53 Å². The molecule has 0 spiro atoms. The molecule has 0 aromatic heterocycles. The molecule has 0 radical (unpaired) electrons. The number of carbonyl (C=O) groups is 1. The number of carbonyl (C=O) groups excluding carboxylic acids is 1. The van der Waals surface area contributed by atoms with Crippen molar-refractivity contribution in [1.82, 2.24) is 5.43 Å². The van der Waals surface area contributed by atoms with E-state index in [1.807, 2.05) is 13.8 Å². The minimum absolute atomic E-state index is 0.102. The number of hydrogen-bond donors (Lipinski definition) is 1. The molecule has 1 amide bonds. The van der Waals surface area contributed by atoms with E-state index < -0.39 is 0 Å². The summed E-state index contributed by atoms with van der Waals surface area (Å²) in [5, 5.41) is 4.67. The number of nitrogens with zero attached hydrogens (tertiary/aromatic N) is 1. The molecule has 1 aromatic rings. The summed E-state index contributed by atoms with van der Waals surface area (Å²) in [4.78, 5) is 11.5. The maximum absolute atomic E-state index is 11.5. The predicted octanol–water partition coefficient (Wildman–Crippen LogP) is 3.23. The number of ether oxygens (including phenoxy) is 1. The van der Waals surface area contributed by atoms with E-state index in [0.29, 0.717) is 28.8 Å². The lowest BCUT2D eigenvalue weighted by Gasteiger charge is -2.09. The minimum atomic E-state index is -0.102. The zero-order chi connectivity index (χ0) is 14.4. The summed E-state index contributed by atoms with van der Waals surface area (Å²) in [7, 11) is 1.58. The molecule has 1 N–H and O–H groups in total. The Bertz CT molecular complexity index is 484. The van der Waals surface area contributed by atoms with E-state index >= 15 is 0 Å². The maximum Gasteiger partial charge on any atom is 0.240 e. The number of hydrazone groups is 1. The highest BCUT2D eigenvalue weighted by atomic mass is 35.5. The summed E-state index contributed by atoms with van der Waals surface area (Å²) < 4.78 is 5.24. The van der Waals surface area contributed by atoms with E-state index in [2.05, 4.69) is 10.5 Å². The minimum Gasteiger partial charge on any atom is -0.496 e. The fraction of sp³-hybridized carbons (Fsp3) is 0.429. The van der Waals surface area contributed by atoms with E-state index in [-0.39, 0.29) is 5.91 Å². The monoisotopic (exact) mass is 282 g/mol. The Labute approximate surface area is 118 Å². The van der Waals surface area contributed by atoms with E-state index in [4.69, 9.17) is 16.3 Å². The van der Waals surface area contributed by atoms with Gasteiger partial charge in [-0.1, -0.05) is 25.4 Å².